The van der Waals surface area contributed by atoms with Crippen LogP contribution >= 0.6 is 0 Å². The Hall–Kier alpha value is -2.12. The summed E-state index contributed by atoms with van der Waals surface area (Å²) in [5, 5.41) is 8.87. The van der Waals surface area contributed by atoms with E-state index in [1.807, 2.05) is 30.3 Å². The fourth-order valence-corrected chi connectivity index (χ4v) is 3.78. The molecule has 2 rings (SSSR count). The summed E-state index contributed by atoms with van der Waals surface area (Å²) in [7, 11) is -3.26. The van der Waals surface area contributed by atoms with Crippen LogP contribution in [0.4, 0.5) is 0 Å². The van der Waals surface area contributed by atoms with Gasteiger partial charge in [0.15, 0.2) is 9.84 Å². The van der Waals surface area contributed by atoms with Gasteiger partial charge in [0.1, 0.15) is 0 Å². The van der Waals surface area contributed by atoms with Crippen LogP contribution in [-0.4, -0.2) is 8.42 Å². The van der Waals surface area contributed by atoms with Crippen molar-refractivity contribution in [1.82, 2.24) is 0 Å². The third kappa shape index (κ3) is 4.44. The standard InChI is InChI=1S/C18H19NO2S/c1-14(2)18-8-6-15(7-9-18)12-22(20,21)13-17-5-3-4-16(10-17)11-19/h3-10,14H,12-13H2,1-2H3. The van der Waals surface area contributed by atoms with Gasteiger partial charge < -0.3 is 0 Å². The largest absolute Gasteiger partial charge is 0.228 e. The normalized spacial score (nSPS) is 11.4. The minimum Gasteiger partial charge on any atom is -0.228 e. The van der Waals surface area contributed by atoms with E-state index >= 15 is 0 Å². The molecule has 0 aliphatic heterocycles. The average molecular weight is 313 g/mol. The molecular formula is C18H19NO2S. The lowest BCUT2D eigenvalue weighted by atomic mass is 10.0. The molecule has 0 fully saturated rings. The summed E-state index contributed by atoms with van der Waals surface area (Å²) in [5.41, 5.74) is 3.12. The van der Waals surface area contributed by atoms with Crippen LogP contribution in [0.2, 0.25) is 0 Å². The van der Waals surface area contributed by atoms with E-state index < -0.39 is 9.84 Å². The van der Waals surface area contributed by atoms with Crippen LogP contribution in [0.1, 0.15) is 42.0 Å². The highest BCUT2D eigenvalue weighted by molar-refractivity contribution is 7.89. The predicted molar refractivity (Wildman–Crippen MR) is 88.0 cm³/mol. The van der Waals surface area contributed by atoms with E-state index in [4.69, 9.17) is 5.26 Å². The summed E-state index contributed by atoms with van der Waals surface area (Å²) in [5.74, 6) is 0.399. The molecule has 0 heterocycles. The number of hydrogen-bond donors (Lipinski definition) is 0. The Morgan fingerprint density at radius 2 is 1.64 bits per heavy atom. The van der Waals surface area contributed by atoms with E-state index in [1.54, 1.807) is 24.3 Å². The van der Waals surface area contributed by atoms with Crippen molar-refractivity contribution in [3.8, 4) is 6.07 Å². The quantitative estimate of drug-likeness (QED) is 0.843. The van der Waals surface area contributed by atoms with Crippen LogP contribution < -0.4 is 0 Å². The van der Waals surface area contributed by atoms with E-state index in [2.05, 4.69) is 13.8 Å². The van der Waals surface area contributed by atoms with Crippen molar-refractivity contribution in [2.75, 3.05) is 0 Å². The Kier molecular flexibility index (Phi) is 4.99. The smallest absolute Gasteiger partial charge is 0.158 e. The number of rotatable bonds is 5. The van der Waals surface area contributed by atoms with Crippen molar-refractivity contribution >= 4 is 9.84 Å². The molecule has 114 valence electrons. The maximum Gasteiger partial charge on any atom is 0.158 e. The molecule has 0 unspecified atom stereocenters. The SMILES string of the molecule is CC(C)c1ccc(CS(=O)(=O)Cc2cccc(C#N)c2)cc1. The zero-order valence-corrected chi connectivity index (χ0v) is 13.6. The Morgan fingerprint density at radius 1 is 1.00 bits per heavy atom. The summed E-state index contributed by atoms with van der Waals surface area (Å²) < 4.78 is 24.6. The van der Waals surface area contributed by atoms with E-state index in [-0.39, 0.29) is 11.5 Å². The van der Waals surface area contributed by atoms with Gasteiger partial charge in [0.05, 0.1) is 23.1 Å². The number of sulfone groups is 1. The third-order valence-corrected chi connectivity index (χ3v) is 5.02. The summed E-state index contributed by atoms with van der Waals surface area (Å²) in [4.78, 5) is 0. The van der Waals surface area contributed by atoms with E-state index in [1.165, 1.54) is 5.56 Å². The fourth-order valence-electron chi connectivity index (χ4n) is 2.29. The minimum absolute atomic E-state index is 0.0160. The van der Waals surface area contributed by atoms with Crippen LogP contribution in [0.3, 0.4) is 0 Å². The number of benzene rings is 2. The average Bonchev–Trinajstić information content (AvgIpc) is 2.47. The molecular weight excluding hydrogens is 294 g/mol. The molecule has 2 aromatic rings. The van der Waals surface area contributed by atoms with Gasteiger partial charge in [-0.25, -0.2) is 8.42 Å². The third-order valence-electron chi connectivity index (χ3n) is 3.48. The van der Waals surface area contributed by atoms with Gasteiger partial charge in [-0.2, -0.15) is 5.26 Å². The number of nitrogens with zero attached hydrogens (tertiary/aromatic N) is 1. The molecule has 0 bridgehead atoms. The van der Waals surface area contributed by atoms with Crippen LogP contribution in [0, 0.1) is 11.3 Å². The maximum absolute atomic E-state index is 12.3. The molecule has 4 heteroatoms. The highest BCUT2D eigenvalue weighted by atomic mass is 32.2. The van der Waals surface area contributed by atoms with Crippen molar-refractivity contribution in [2.45, 2.75) is 31.3 Å². The second kappa shape index (κ2) is 6.76. The highest BCUT2D eigenvalue weighted by Crippen LogP contribution is 2.18. The Labute approximate surface area is 132 Å². The molecule has 22 heavy (non-hydrogen) atoms. The maximum atomic E-state index is 12.3. The number of nitriles is 1. The monoisotopic (exact) mass is 313 g/mol. The van der Waals surface area contributed by atoms with E-state index in [0.717, 1.165) is 5.56 Å². The molecule has 0 aliphatic rings. The summed E-state index contributed by atoms with van der Waals surface area (Å²) in [6.07, 6.45) is 0. The lowest BCUT2D eigenvalue weighted by molar-refractivity contribution is 0.594. The summed E-state index contributed by atoms with van der Waals surface area (Å²) in [6.45, 7) is 4.21. The molecule has 0 radical (unpaired) electrons. The second-order valence-electron chi connectivity index (χ2n) is 5.74. The van der Waals surface area contributed by atoms with Gasteiger partial charge >= 0.3 is 0 Å². The highest BCUT2D eigenvalue weighted by Gasteiger charge is 2.14. The summed E-state index contributed by atoms with van der Waals surface area (Å²) in [6, 6.07) is 16.5. The minimum atomic E-state index is -3.26. The van der Waals surface area contributed by atoms with Crippen LogP contribution in [0.5, 0.6) is 0 Å². The van der Waals surface area contributed by atoms with Crippen LogP contribution in [0.15, 0.2) is 48.5 Å². The lowest BCUT2D eigenvalue weighted by Crippen LogP contribution is -2.08. The first-order chi connectivity index (χ1) is 10.4. The van der Waals surface area contributed by atoms with Gasteiger partial charge in [-0.05, 0) is 34.7 Å². The Morgan fingerprint density at radius 3 is 2.23 bits per heavy atom. The molecule has 3 nitrogen and oxygen atoms in total. The molecule has 0 aromatic heterocycles. The second-order valence-corrected chi connectivity index (χ2v) is 7.81. The van der Waals surface area contributed by atoms with Crippen molar-refractivity contribution in [3.05, 3.63) is 70.8 Å². The number of hydrogen-bond acceptors (Lipinski definition) is 3. The van der Waals surface area contributed by atoms with Crippen molar-refractivity contribution in [1.29, 1.82) is 5.26 Å². The molecule has 0 N–H and O–H groups in total. The fraction of sp³-hybridized carbons (Fsp3) is 0.278. The Bertz CT molecular complexity index is 785. The predicted octanol–water partition coefficient (Wildman–Crippen LogP) is 3.80. The lowest BCUT2D eigenvalue weighted by Gasteiger charge is -2.08. The molecule has 0 spiro atoms. The van der Waals surface area contributed by atoms with Gasteiger partial charge in [0, 0.05) is 0 Å². The zero-order chi connectivity index (χ0) is 16.2. The van der Waals surface area contributed by atoms with Gasteiger partial charge in [-0.3, -0.25) is 0 Å². The van der Waals surface area contributed by atoms with Crippen molar-refractivity contribution in [3.63, 3.8) is 0 Å². The summed E-state index contributed by atoms with van der Waals surface area (Å²) >= 11 is 0. The first-order valence-electron chi connectivity index (χ1n) is 7.18. The van der Waals surface area contributed by atoms with Crippen LogP contribution in [-0.2, 0) is 21.3 Å². The molecule has 0 saturated heterocycles. The van der Waals surface area contributed by atoms with Gasteiger partial charge in [-0.1, -0.05) is 50.2 Å². The molecule has 0 atom stereocenters. The van der Waals surface area contributed by atoms with Crippen molar-refractivity contribution < 1.29 is 8.42 Å². The topological polar surface area (TPSA) is 57.9 Å². The Balaban J connectivity index is 2.12. The molecule has 2 aromatic carbocycles. The molecule has 0 aliphatic carbocycles. The van der Waals surface area contributed by atoms with Crippen LogP contribution in [0.25, 0.3) is 0 Å². The van der Waals surface area contributed by atoms with Gasteiger partial charge in [0.2, 0.25) is 0 Å². The van der Waals surface area contributed by atoms with Crippen molar-refractivity contribution in [2.24, 2.45) is 0 Å². The van der Waals surface area contributed by atoms with Gasteiger partial charge in [-0.15, -0.1) is 0 Å². The molecule has 0 saturated carbocycles. The first kappa shape index (κ1) is 16.3. The van der Waals surface area contributed by atoms with E-state index in [0.29, 0.717) is 17.0 Å². The molecule has 0 amide bonds. The zero-order valence-electron chi connectivity index (χ0n) is 12.8. The first-order valence-corrected chi connectivity index (χ1v) is 9.00. The van der Waals surface area contributed by atoms with Gasteiger partial charge in [0.25, 0.3) is 0 Å². The van der Waals surface area contributed by atoms with E-state index in [9.17, 15) is 8.42 Å².